The van der Waals surface area contributed by atoms with Crippen LogP contribution in [0.25, 0.3) is 11.1 Å². The summed E-state index contributed by atoms with van der Waals surface area (Å²) in [5.74, 6) is -0.135. The van der Waals surface area contributed by atoms with Crippen LogP contribution in [0.15, 0.2) is 36.7 Å². The zero-order valence-corrected chi connectivity index (χ0v) is 7.31. The maximum absolute atomic E-state index is 13.2. The Balaban J connectivity index is 2.55. The molecule has 0 radical (unpaired) electrons. The van der Waals surface area contributed by atoms with Gasteiger partial charge in [-0.05, 0) is 29.8 Å². The standard InChI is InChI=1S/C10H8FN3/c11-10-8(2-1-4-14-10)7-3-5-13-9(12)6-7/h1-6H,(H2,12,13). The fourth-order valence-corrected chi connectivity index (χ4v) is 1.22. The number of nitrogens with two attached hydrogens (primary N) is 1. The van der Waals surface area contributed by atoms with Gasteiger partial charge in [-0.25, -0.2) is 9.97 Å². The average molecular weight is 189 g/mol. The summed E-state index contributed by atoms with van der Waals surface area (Å²) in [6.07, 6.45) is 2.94. The second kappa shape index (κ2) is 3.41. The number of hydrogen-bond acceptors (Lipinski definition) is 3. The lowest BCUT2D eigenvalue weighted by molar-refractivity contribution is 0.587. The number of pyridine rings is 2. The van der Waals surface area contributed by atoms with E-state index in [2.05, 4.69) is 9.97 Å². The molecule has 2 aromatic rings. The van der Waals surface area contributed by atoms with E-state index in [0.29, 0.717) is 16.9 Å². The first-order valence-corrected chi connectivity index (χ1v) is 4.10. The highest BCUT2D eigenvalue weighted by Gasteiger charge is 2.04. The van der Waals surface area contributed by atoms with E-state index in [1.165, 1.54) is 12.4 Å². The summed E-state index contributed by atoms with van der Waals surface area (Å²) in [5.41, 5.74) is 6.61. The first kappa shape index (κ1) is 8.62. The van der Waals surface area contributed by atoms with Crippen molar-refractivity contribution in [1.29, 1.82) is 0 Å². The molecule has 0 aliphatic carbocycles. The van der Waals surface area contributed by atoms with Gasteiger partial charge >= 0.3 is 0 Å². The minimum absolute atomic E-state index is 0.366. The molecule has 0 aliphatic heterocycles. The molecule has 0 amide bonds. The molecule has 0 aromatic carbocycles. The molecule has 0 spiro atoms. The molecule has 3 nitrogen and oxygen atoms in total. The number of rotatable bonds is 1. The minimum Gasteiger partial charge on any atom is -0.384 e. The maximum Gasteiger partial charge on any atom is 0.220 e. The van der Waals surface area contributed by atoms with E-state index < -0.39 is 5.95 Å². The summed E-state index contributed by atoms with van der Waals surface area (Å²) in [6, 6.07) is 6.63. The van der Waals surface area contributed by atoms with Gasteiger partial charge in [-0.1, -0.05) is 0 Å². The Hall–Kier alpha value is -1.97. The van der Waals surface area contributed by atoms with Crippen LogP contribution >= 0.6 is 0 Å². The molecule has 70 valence electrons. The fraction of sp³-hybridized carbons (Fsp3) is 0. The van der Waals surface area contributed by atoms with E-state index >= 15 is 0 Å². The lowest BCUT2D eigenvalue weighted by Gasteiger charge is -2.02. The smallest absolute Gasteiger partial charge is 0.220 e. The largest absolute Gasteiger partial charge is 0.384 e. The normalized spacial score (nSPS) is 10.1. The number of aromatic nitrogens is 2. The molecule has 0 bridgehead atoms. The number of nitrogen functional groups attached to an aromatic ring is 1. The van der Waals surface area contributed by atoms with Gasteiger partial charge in [0, 0.05) is 18.0 Å². The predicted molar refractivity (Wildman–Crippen MR) is 51.8 cm³/mol. The molecule has 0 saturated heterocycles. The van der Waals surface area contributed by atoms with Crippen LogP contribution in [0.3, 0.4) is 0 Å². The molecular formula is C10H8FN3. The van der Waals surface area contributed by atoms with Gasteiger partial charge in [0.05, 0.1) is 0 Å². The zero-order chi connectivity index (χ0) is 9.97. The van der Waals surface area contributed by atoms with Gasteiger partial charge in [0.2, 0.25) is 5.95 Å². The van der Waals surface area contributed by atoms with Crippen molar-refractivity contribution in [1.82, 2.24) is 9.97 Å². The van der Waals surface area contributed by atoms with Crippen molar-refractivity contribution in [3.8, 4) is 11.1 Å². The van der Waals surface area contributed by atoms with E-state index in [9.17, 15) is 4.39 Å². The number of hydrogen-bond donors (Lipinski definition) is 1. The summed E-state index contributed by atoms with van der Waals surface area (Å²) in [4.78, 5) is 7.39. The average Bonchev–Trinajstić information content (AvgIpc) is 2.18. The van der Waals surface area contributed by atoms with Gasteiger partial charge in [0.15, 0.2) is 0 Å². The predicted octanol–water partition coefficient (Wildman–Crippen LogP) is 1.86. The summed E-state index contributed by atoms with van der Waals surface area (Å²) in [5, 5.41) is 0. The summed E-state index contributed by atoms with van der Waals surface area (Å²) < 4.78 is 13.2. The number of nitrogens with zero attached hydrogens (tertiary/aromatic N) is 2. The third-order valence-electron chi connectivity index (χ3n) is 1.85. The van der Waals surface area contributed by atoms with Crippen molar-refractivity contribution in [2.75, 3.05) is 5.73 Å². The Morgan fingerprint density at radius 1 is 1.14 bits per heavy atom. The van der Waals surface area contributed by atoms with Crippen molar-refractivity contribution in [3.05, 3.63) is 42.6 Å². The molecule has 0 atom stereocenters. The molecule has 2 rings (SSSR count). The Labute approximate surface area is 80.4 Å². The highest BCUT2D eigenvalue weighted by molar-refractivity contribution is 5.65. The zero-order valence-electron chi connectivity index (χ0n) is 7.31. The van der Waals surface area contributed by atoms with Crippen LogP contribution in [-0.4, -0.2) is 9.97 Å². The van der Waals surface area contributed by atoms with E-state index in [1.807, 2.05) is 0 Å². The summed E-state index contributed by atoms with van der Waals surface area (Å²) in [7, 11) is 0. The molecule has 0 fully saturated rings. The van der Waals surface area contributed by atoms with Gasteiger partial charge in [0.1, 0.15) is 5.82 Å². The summed E-state index contributed by atoms with van der Waals surface area (Å²) in [6.45, 7) is 0. The molecule has 2 heterocycles. The van der Waals surface area contributed by atoms with Crippen LogP contribution in [0.4, 0.5) is 10.2 Å². The van der Waals surface area contributed by atoms with Crippen molar-refractivity contribution >= 4 is 5.82 Å². The van der Waals surface area contributed by atoms with Crippen LogP contribution in [0.5, 0.6) is 0 Å². The van der Waals surface area contributed by atoms with Crippen LogP contribution in [0, 0.1) is 5.95 Å². The Bertz CT molecular complexity index is 457. The molecule has 2 aromatic heterocycles. The van der Waals surface area contributed by atoms with Crippen LogP contribution in [0.2, 0.25) is 0 Å². The van der Waals surface area contributed by atoms with E-state index in [-0.39, 0.29) is 0 Å². The fourth-order valence-electron chi connectivity index (χ4n) is 1.22. The first-order chi connectivity index (χ1) is 6.77. The third-order valence-corrected chi connectivity index (χ3v) is 1.85. The first-order valence-electron chi connectivity index (χ1n) is 4.10. The second-order valence-electron chi connectivity index (χ2n) is 2.81. The molecular weight excluding hydrogens is 181 g/mol. The van der Waals surface area contributed by atoms with Crippen LogP contribution < -0.4 is 5.73 Å². The number of anilines is 1. The Kier molecular flexibility index (Phi) is 2.10. The highest BCUT2D eigenvalue weighted by atomic mass is 19.1. The molecule has 0 unspecified atom stereocenters. The van der Waals surface area contributed by atoms with Gasteiger partial charge in [-0.3, -0.25) is 0 Å². The van der Waals surface area contributed by atoms with Crippen molar-refractivity contribution in [2.24, 2.45) is 0 Å². The minimum atomic E-state index is -0.502. The molecule has 4 heteroatoms. The SMILES string of the molecule is Nc1cc(-c2cccnc2F)ccn1. The van der Waals surface area contributed by atoms with Crippen LogP contribution in [0.1, 0.15) is 0 Å². The topological polar surface area (TPSA) is 51.8 Å². The monoisotopic (exact) mass is 189 g/mol. The molecule has 0 aliphatic rings. The highest BCUT2D eigenvalue weighted by Crippen LogP contribution is 2.21. The van der Waals surface area contributed by atoms with Crippen molar-refractivity contribution < 1.29 is 4.39 Å². The van der Waals surface area contributed by atoms with E-state index in [0.717, 1.165) is 0 Å². The molecule has 2 N–H and O–H groups in total. The van der Waals surface area contributed by atoms with Crippen molar-refractivity contribution in [3.63, 3.8) is 0 Å². The number of halogens is 1. The van der Waals surface area contributed by atoms with Crippen molar-refractivity contribution in [2.45, 2.75) is 0 Å². The van der Waals surface area contributed by atoms with Gasteiger partial charge in [-0.2, -0.15) is 4.39 Å². The van der Waals surface area contributed by atoms with E-state index in [4.69, 9.17) is 5.73 Å². The van der Waals surface area contributed by atoms with Gasteiger partial charge in [0.25, 0.3) is 0 Å². The van der Waals surface area contributed by atoms with Crippen LogP contribution in [-0.2, 0) is 0 Å². The van der Waals surface area contributed by atoms with E-state index in [1.54, 1.807) is 24.3 Å². The quantitative estimate of drug-likeness (QED) is 0.696. The Morgan fingerprint density at radius 3 is 2.71 bits per heavy atom. The third kappa shape index (κ3) is 1.54. The Morgan fingerprint density at radius 2 is 2.00 bits per heavy atom. The molecule has 0 saturated carbocycles. The lowest BCUT2D eigenvalue weighted by Crippen LogP contribution is -1.92. The lowest BCUT2D eigenvalue weighted by atomic mass is 10.1. The second-order valence-corrected chi connectivity index (χ2v) is 2.81. The van der Waals surface area contributed by atoms with Gasteiger partial charge < -0.3 is 5.73 Å². The maximum atomic E-state index is 13.2. The summed E-state index contributed by atoms with van der Waals surface area (Å²) >= 11 is 0. The van der Waals surface area contributed by atoms with Gasteiger partial charge in [-0.15, -0.1) is 0 Å². The molecule has 14 heavy (non-hydrogen) atoms.